The van der Waals surface area contributed by atoms with E-state index in [0.717, 1.165) is 31.0 Å². The zero-order chi connectivity index (χ0) is 15.6. The standard InChI is InChI=1S/C13H17FN2O4S/c1-20-7-6-16(9-2-3-9)13(17)11-5-4-10(8-12(11)14)21(15,18)19/h4-5,8-9H,2-3,6-7H2,1H3,(H2,15,18,19). The van der Waals surface area contributed by atoms with Gasteiger partial charge >= 0.3 is 0 Å². The van der Waals surface area contributed by atoms with Gasteiger partial charge in [0.1, 0.15) is 5.82 Å². The van der Waals surface area contributed by atoms with E-state index in [9.17, 15) is 17.6 Å². The molecule has 1 amide bonds. The van der Waals surface area contributed by atoms with Gasteiger partial charge in [-0.15, -0.1) is 0 Å². The lowest BCUT2D eigenvalue weighted by molar-refractivity contribution is 0.0675. The molecule has 116 valence electrons. The number of nitrogens with zero attached hydrogens (tertiary/aromatic N) is 1. The normalized spacial score (nSPS) is 15.0. The van der Waals surface area contributed by atoms with Crippen molar-refractivity contribution in [3.63, 3.8) is 0 Å². The average molecular weight is 316 g/mol. The highest BCUT2D eigenvalue weighted by molar-refractivity contribution is 7.89. The summed E-state index contributed by atoms with van der Waals surface area (Å²) in [6, 6.07) is 3.15. The third-order valence-electron chi connectivity index (χ3n) is 3.28. The van der Waals surface area contributed by atoms with Crippen molar-refractivity contribution in [2.45, 2.75) is 23.8 Å². The van der Waals surface area contributed by atoms with Gasteiger partial charge in [0.05, 0.1) is 17.1 Å². The largest absolute Gasteiger partial charge is 0.383 e. The van der Waals surface area contributed by atoms with Gasteiger partial charge in [0.15, 0.2) is 0 Å². The first-order valence-electron chi connectivity index (χ1n) is 6.47. The number of carbonyl (C=O) groups excluding carboxylic acids is 1. The minimum atomic E-state index is -3.99. The number of halogens is 1. The van der Waals surface area contributed by atoms with E-state index in [4.69, 9.17) is 9.88 Å². The molecule has 0 unspecified atom stereocenters. The number of sulfonamides is 1. The van der Waals surface area contributed by atoms with E-state index in [0.29, 0.717) is 13.2 Å². The zero-order valence-corrected chi connectivity index (χ0v) is 12.4. The highest BCUT2D eigenvalue weighted by Gasteiger charge is 2.33. The summed E-state index contributed by atoms with van der Waals surface area (Å²) in [6.07, 6.45) is 1.76. The molecular weight excluding hydrogens is 299 g/mol. The minimum Gasteiger partial charge on any atom is -0.383 e. The van der Waals surface area contributed by atoms with Crippen molar-refractivity contribution < 1.29 is 22.3 Å². The summed E-state index contributed by atoms with van der Waals surface area (Å²) in [5.41, 5.74) is -0.162. The Bertz CT molecular complexity index is 644. The van der Waals surface area contributed by atoms with E-state index in [1.54, 1.807) is 4.90 Å². The summed E-state index contributed by atoms with van der Waals surface area (Å²) in [4.78, 5) is 13.6. The van der Waals surface area contributed by atoms with Gasteiger partial charge in [0.2, 0.25) is 10.0 Å². The van der Waals surface area contributed by atoms with E-state index in [2.05, 4.69) is 0 Å². The van der Waals surface area contributed by atoms with Crippen molar-refractivity contribution in [3.8, 4) is 0 Å². The summed E-state index contributed by atoms with van der Waals surface area (Å²) in [5, 5.41) is 4.93. The second-order valence-electron chi connectivity index (χ2n) is 4.91. The Balaban J connectivity index is 2.25. The fourth-order valence-corrected chi connectivity index (χ4v) is 2.55. The fraction of sp³-hybridized carbons (Fsp3) is 0.462. The van der Waals surface area contributed by atoms with Gasteiger partial charge in [-0.25, -0.2) is 17.9 Å². The van der Waals surface area contributed by atoms with Crippen LogP contribution in [0.1, 0.15) is 23.2 Å². The molecule has 6 nitrogen and oxygen atoms in total. The Morgan fingerprint density at radius 1 is 1.48 bits per heavy atom. The van der Waals surface area contributed by atoms with Gasteiger partial charge < -0.3 is 9.64 Å². The fourth-order valence-electron chi connectivity index (χ4n) is 2.03. The smallest absolute Gasteiger partial charge is 0.257 e. The topological polar surface area (TPSA) is 89.7 Å². The molecule has 0 heterocycles. The number of rotatable bonds is 6. The van der Waals surface area contributed by atoms with Gasteiger partial charge in [-0.2, -0.15) is 0 Å². The lowest BCUT2D eigenvalue weighted by atomic mass is 10.2. The van der Waals surface area contributed by atoms with Crippen molar-refractivity contribution in [1.29, 1.82) is 0 Å². The highest BCUT2D eigenvalue weighted by atomic mass is 32.2. The van der Waals surface area contributed by atoms with Crippen LogP contribution in [-0.2, 0) is 14.8 Å². The van der Waals surface area contributed by atoms with Gasteiger partial charge in [-0.3, -0.25) is 4.79 Å². The summed E-state index contributed by atoms with van der Waals surface area (Å²) >= 11 is 0. The molecule has 1 saturated carbocycles. The van der Waals surface area contributed by atoms with Crippen LogP contribution in [0.4, 0.5) is 4.39 Å². The van der Waals surface area contributed by atoms with Crippen molar-refractivity contribution >= 4 is 15.9 Å². The van der Waals surface area contributed by atoms with Gasteiger partial charge in [-0.1, -0.05) is 0 Å². The number of ether oxygens (including phenoxy) is 1. The maximum absolute atomic E-state index is 14.0. The summed E-state index contributed by atoms with van der Waals surface area (Å²) in [5.74, 6) is -1.36. The molecule has 21 heavy (non-hydrogen) atoms. The van der Waals surface area contributed by atoms with E-state index < -0.39 is 21.7 Å². The van der Waals surface area contributed by atoms with Gasteiger partial charge in [0, 0.05) is 19.7 Å². The molecule has 0 aromatic heterocycles. The second kappa shape index (κ2) is 6.08. The third kappa shape index (κ3) is 3.78. The summed E-state index contributed by atoms with van der Waals surface area (Å²) in [7, 11) is -2.47. The predicted molar refractivity (Wildman–Crippen MR) is 73.7 cm³/mol. The van der Waals surface area contributed by atoms with Crippen LogP contribution in [0, 0.1) is 5.82 Å². The molecule has 8 heteroatoms. The maximum atomic E-state index is 14.0. The molecule has 1 aromatic rings. The van der Waals surface area contributed by atoms with Crippen LogP contribution in [0.3, 0.4) is 0 Å². The zero-order valence-electron chi connectivity index (χ0n) is 11.6. The Morgan fingerprint density at radius 3 is 2.62 bits per heavy atom. The molecule has 1 aliphatic rings. The summed E-state index contributed by atoms with van der Waals surface area (Å²) in [6.45, 7) is 0.732. The molecule has 1 aromatic carbocycles. The van der Waals surface area contributed by atoms with Crippen LogP contribution in [-0.4, -0.2) is 45.5 Å². The molecule has 0 radical (unpaired) electrons. The Labute approximate surface area is 122 Å². The van der Waals surface area contributed by atoms with Crippen LogP contribution in [0.15, 0.2) is 23.1 Å². The monoisotopic (exact) mass is 316 g/mol. The number of hydrogen-bond acceptors (Lipinski definition) is 4. The van der Waals surface area contributed by atoms with Crippen LogP contribution in [0.2, 0.25) is 0 Å². The minimum absolute atomic E-state index is 0.102. The van der Waals surface area contributed by atoms with Crippen molar-refractivity contribution in [1.82, 2.24) is 4.90 Å². The van der Waals surface area contributed by atoms with E-state index in [-0.39, 0.29) is 16.5 Å². The summed E-state index contributed by atoms with van der Waals surface area (Å²) < 4.78 is 41.3. The number of primary sulfonamides is 1. The van der Waals surface area contributed by atoms with Crippen molar-refractivity contribution in [2.75, 3.05) is 20.3 Å². The highest BCUT2D eigenvalue weighted by Crippen LogP contribution is 2.28. The number of carbonyl (C=O) groups is 1. The Hall–Kier alpha value is -1.51. The van der Waals surface area contributed by atoms with E-state index in [1.807, 2.05) is 0 Å². The van der Waals surface area contributed by atoms with Crippen LogP contribution in [0.5, 0.6) is 0 Å². The van der Waals surface area contributed by atoms with Gasteiger partial charge in [-0.05, 0) is 31.0 Å². The number of benzene rings is 1. The third-order valence-corrected chi connectivity index (χ3v) is 4.20. The van der Waals surface area contributed by atoms with Gasteiger partial charge in [0.25, 0.3) is 5.91 Å². The van der Waals surface area contributed by atoms with Crippen molar-refractivity contribution in [3.05, 3.63) is 29.6 Å². The molecule has 0 bridgehead atoms. The number of methoxy groups -OCH3 is 1. The lowest BCUT2D eigenvalue weighted by Crippen LogP contribution is -2.36. The van der Waals surface area contributed by atoms with Crippen LogP contribution >= 0.6 is 0 Å². The van der Waals surface area contributed by atoms with E-state index in [1.165, 1.54) is 7.11 Å². The molecule has 1 aliphatic carbocycles. The molecule has 0 atom stereocenters. The maximum Gasteiger partial charge on any atom is 0.257 e. The molecule has 0 saturated heterocycles. The molecule has 1 fully saturated rings. The van der Waals surface area contributed by atoms with E-state index >= 15 is 0 Å². The number of amides is 1. The molecular formula is C13H17FN2O4S. The van der Waals surface area contributed by atoms with Crippen molar-refractivity contribution in [2.24, 2.45) is 5.14 Å². The molecule has 0 aliphatic heterocycles. The average Bonchev–Trinajstić information content (AvgIpc) is 3.22. The first-order chi connectivity index (χ1) is 9.84. The number of hydrogen-bond donors (Lipinski definition) is 1. The van der Waals surface area contributed by atoms with Crippen LogP contribution < -0.4 is 5.14 Å². The first-order valence-corrected chi connectivity index (χ1v) is 8.01. The quantitative estimate of drug-likeness (QED) is 0.837. The molecule has 0 spiro atoms. The second-order valence-corrected chi connectivity index (χ2v) is 6.47. The SMILES string of the molecule is COCCN(C(=O)c1ccc(S(N)(=O)=O)cc1F)C1CC1. The Morgan fingerprint density at radius 2 is 2.14 bits per heavy atom. The van der Waals surface area contributed by atoms with Crippen LogP contribution in [0.25, 0.3) is 0 Å². The first kappa shape index (κ1) is 15.9. The lowest BCUT2D eigenvalue weighted by Gasteiger charge is -2.22. The molecule has 2 N–H and O–H groups in total. The Kier molecular flexibility index (Phi) is 4.60. The predicted octanol–water partition coefficient (Wildman–Crippen LogP) is 0.724. The molecule has 2 rings (SSSR count). The number of nitrogens with two attached hydrogens (primary N) is 1.